The van der Waals surface area contributed by atoms with E-state index in [0.29, 0.717) is 19.5 Å². The molecular weight excluding hydrogens is 308 g/mol. The van der Waals surface area contributed by atoms with Crippen LogP contribution in [0.4, 0.5) is 0 Å². The van der Waals surface area contributed by atoms with Crippen LogP contribution in [-0.2, 0) is 5.60 Å². The highest BCUT2D eigenvalue weighted by Gasteiger charge is 2.45. The first kappa shape index (κ1) is 16.2. The molecule has 1 N–H and O–H groups in total. The first-order valence-corrected chi connectivity index (χ1v) is 8.72. The van der Waals surface area contributed by atoms with Crippen LogP contribution in [-0.4, -0.2) is 54.0 Å². The Morgan fingerprint density at radius 3 is 2.65 bits per heavy atom. The van der Waals surface area contributed by atoms with Crippen molar-refractivity contribution >= 4 is 17.2 Å². The maximum atomic E-state index is 12.6. The van der Waals surface area contributed by atoms with Crippen molar-refractivity contribution in [1.29, 1.82) is 0 Å². The molecule has 122 valence electrons. The van der Waals surface area contributed by atoms with Crippen LogP contribution in [0.3, 0.4) is 0 Å². The van der Waals surface area contributed by atoms with Crippen molar-refractivity contribution in [2.75, 3.05) is 27.2 Å². The molecule has 0 saturated carbocycles. The molecule has 1 aromatic heterocycles. The number of likely N-dealkylation sites (tertiary alicyclic amines) is 1. The summed E-state index contributed by atoms with van der Waals surface area (Å²) in [6.07, 6.45) is 0.537. The van der Waals surface area contributed by atoms with E-state index in [2.05, 4.69) is 0 Å². The van der Waals surface area contributed by atoms with Crippen LogP contribution in [0.15, 0.2) is 47.2 Å². The summed E-state index contributed by atoms with van der Waals surface area (Å²) in [5.41, 5.74) is 0.718. The maximum absolute atomic E-state index is 12.6. The van der Waals surface area contributed by atoms with Crippen molar-refractivity contribution < 1.29 is 9.90 Å². The zero-order valence-electron chi connectivity index (χ0n) is 13.5. The van der Waals surface area contributed by atoms with Gasteiger partial charge in [0.05, 0.1) is 11.6 Å². The van der Waals surface area contributed by atoms with Gasteiger partial charge in [0.25, 0.3) is 5.91 Å². The van der Waals surface area contributed by atoms with E-state index in [1.54, 1.807) is 0 Å². The number of carbonyl (C=O) groups is 1. The number of piperidine rings is 1. The van der Waals surface area contributed by atoms with Crippen molar-refractivity contribution in [3.8, 4) is 0 Å². The lowest BCUT2D eigenvalue weighted by molar-refractivity contribution is -0.0810. The van der Waals surface area contributed by atoms with Crippen molar-refractivity contribution in [3.05, 3.63) is 58.3 Å². The molecule has 5 heteroatoms. The van der Waals surface area contributed by atoms with E-state index in [1.807, 2.05) is 71.1 Å². The summed E-state index contributed by atoms with van der Waals surface area (Å²) in [7, 11) is 3.91. The van der Waals surface area contributed by atoms with Crippen LogP contribution in [0.2, 0.25) is 0 Å². The Morgan fingerprint density at radius 2 is 2.04 bits per heavy atom. The third kappa shape index (κ3) is 3.04. The molecule has 0 bridgehead atoms. The monoisotopic (exact) mass is 330 g/mol. The number of benzene rings is 1. The van der Waals surface area contributed by atoms with Crippen molar-refractivity contribution in [2.24, 2.45) is 0 Å². The minimum absolute atomic E-state index is 0.0493. The Bertz CT molecular complexity index is 657. The van der Waals surface area contributed by atoms with Gasteiger partial charge in [0.15, 0.2) is 0 Å². The number of thiophene rings is 1. The quantitative estimate of drug-likeness (QED) is 0.940. The molecule has 0 spiro atoms. The van der Waals surface area contributed by atoms with Crippen LogP contribution in [0.1, 0.15) is 22.3 Å². The normalized spacial score (nSPS) is 24.9. The third-order valence-electron chi connectivity index (χ3n) is 4.66. The van der Waals surface area contributed by atoms with Gasteiger partial charge in [-0.05, 0) is 37.5 Å². The molecule has 1 fully saturated rings. The SMILES string of the molecule is CN(C)C1CN(C(=O)c2ccsc2)CCC1(O)c1ccccc1. The lowest BCUT2D eigenvalue weighted by atomic mass is 9.79. The number of hydrogen-bond acceptors (Lipinski definition) is 4. The van der Waals surface area contributed by atoms with Crippen LogP contribution in [0.5, 0.6) is 0 Å². The van der Waals surface area contributed by atoms with E-state index in [1.165, 1.54) is 11.3 Å². The predicted molar refractivity (Wildman–Crippen MR) is 92.7 cm³/mol. The lowest BCUT2D eigenvalue weighted by Crippen LogP contribution is -2.60. The van der Waals surface area contributed by atoms with Crippen molar-refractivity contribution in [3.63, 3.8) is 0 Å². The second kappa shape index (κ2) is 6.43. The number of likely N-dealkylation sites (N-methyl/N-ethyl adjacent to an activating group) is 1. The van der Waals surface area contributed by atoms with E-state index in [0.717, 1.165) is 11.1 Å². The van der Waals surface area contributed by atoms with E-state index < -0.39 is 5.60 Å². The second-order valence-corrected chi connectivity index (χ2v) is 7.06. The van der Waals surface area contributed by atoms with Gasteiger partial charge in [-0.25, -0.2) is 0 Å². The van der Waals surface area contributed by atoms with Crippen LogP contribution < -0.4 is 0 Å². The smallest absolute Gasteiger partial charge is 0.254 e. The highest BCUT2D eigenvalue weighted by Crippen LogP contribution is 2.35. The molecule has 2 heterocycles. The molecule has 2 atom stereocenters. The summed E-state index contributed by atoms with van der Waals surface area (Å²) in [6, 6.07) is 11.5. The molecular formula is C18H22N2O2S. The summed E-state index contributed by atoms with van der Waals surface area (Å²) in [5, 5.41) is 15.1. The molecule has 1 aromatic carbocycles. The summed E-state index contributed by atoms with van der Waals surface area (Å²) < 4.78 is 0. The fourth-order valence-electron chi connectivity index (χ4n) is 3.33. The van der Waals surface area contributed by atoms with Crippen LogP contribution in [0.25, 0.3) is 0 Å². The number of aliphatic hydroxyl groups is 1. The molecule has 4 nitrogen and oxygen atoms in total. The molecule has 2 aromatic rings. The Kier molecular flexibility index (Phi) is 4.53. The number of nitrogens with zero attached hydrogens (tertiary/aromatic N) is 2. The fourth-order valence-corrected chi connectivity index (χ4v) is 3.96. The molecule has 3 rings (SSSR count). The minimum Gasteiger partial charge on any atom is -0.383 e. The average molecular weight is 330 g/mol. The summed E-state index contributed by atoms with van der Waals surface area (Å²) in [6.45, 7) is 1.08. The Labute approximate surface area is 141 Å². The van der Waals surface area contributed by atoms with Gasteiger partial charge < -0.3 is 14.9 Å². The highest BCUT2D eigenvalue weighted by atomic mass is 32.1. The lowest BCUT2D eigenvalue weighted by Gasteiger charge is -2.47. The van der Waals surface area contributed by atoms with Crippen molar-refractivity contribution in [2.45, 2.75) is 18.1 Å². The number of hydrogen-bond donors (Lipinski definition) is 1. The molecule has 23 heavy (non-hydrogen) atoms. The Hall–Kier alpha value is -1.69. The molecule has 1 aliphatic heterocycles. The fraction of sp³-hybridized carbons (Fsp3) is 0.389. The summed E-state index contributed by atoms with van der Waals surface area (Å²) in [4.78, 5) is 16.5. The second-order valence-electron chi connectivity index (χ2n) is 6.28. The number of rotatable bonds is 3. The average Bonchev–Trinajstić information content (AvgIpc) is 3.09. The summed E-state index contributed by atoms with van der Waals surface area (Å²) in [5.74, 6) is 0.0493. The van der Waals surface area contributed by atoms with Gasteiger partial charge in [-0.3, -0.25) is 4.79 Å². The maximum Gasteiger partial charge on any atom is 0.254 e. The van der Waals surface area contributed by atoms with Gasteiger partial charge in [0, 0.05) is 18.5 Å². The van der Waals surface area contributed by atoms with E-state index in [-0.39, 0.29) is 11.9 Å². The molecule has 2 unspecified atom stereocenters. The Morgan fingerprint density at radius 1 is 1.30 bits per heavy atom. The molecule has 0 aliphatic carbocycles. The van der Waals surface area contributed by atoms with Gasteiger partial charge in [0.1, 0.15) is 5.60 Å². The number of carbonyl (C=O) groups excluding carboxylic acids is 1. The topological polar surface area (TPSA) is 43.8 Å². The Balaban J connectivity index is 1.86. The van der Waals surface area contributed by atoms with Gasteiger partial charge in [0.2, 0.25) is 0 Å². The van der Waals surface area contributed by atoms with Gasteiger partial charge in [-0.1, -0.05) is 30.3 Å². The molecule has 1 aliphatic rings. The first-order valence-electron chi connectivity index (χ1n) is 7.78. The highest BCUT2D eigenvalue weighted by molar-refractivity contribution is 7.08. The number of amides is 1. The largest absolute Gasteiger partial charge is 0.383 e. The standard InChI is InChI=1S/C18H22N2O2S/c1-19(2)16-12-20(17(21)14-8-11-23-13-14)10-9-18(16,22)15-6-4-3-5-7-15/h3-8,11,13,16,22H,9-10,12H2,1-2H3. The van der Waals surface area contributed by atoms with E-state index in [9.17, 15) is 9.90 Å². The minimum atomic E-state index is -0.934. The van der Waals surface area contributed by atoms with Crippen molar-refractivity contribution in [1.82, 2.24) is 9.80 Å². The van der Waals surface area contributed by atoms with Gasteiger partial charge in [-0.15, -0.1) is 0 Å². The zero-order chi connectivity index (χ0) is 16.4. The predicted octanol–water partition coefficient (Wildman–Crippen LogP) is 2.41. The van der Waals surface area contributed by atoms with E-state index >= 15 is 0 Å². The molecule has 1 saturated heterocycles. The van der Waals surface area contributed by atoms with E-state index in [4.69, 9.17) is 0 Å². The zero-order valence-corrected chi connectivity index (χ0v) is 14.3. The molecule has 0 radical (unpaired) electrons. The summed E-state index contributed by atoms with van der Waals surface area (Å²) >= 11 is 1.53. The first-order chi connectivity index (χ1) is 11.0. The van der Waals surface area contributed by atoms with Crippen LogP contribution >= 0.6 is 11.3 Å². The van der Waals surface area contributed by atoms with Gasteiger partial charge >= 0.3 is 0 Å². The van der Waals surface area contributed by atoms with Gasteiger partial charge in [-0.2, -0.15) is 11.3 Å². The third-order valence-corrected chi connectivity index (χ3v) is 5.34. The van der Waals surface area contributed by atoms with Crippen LogP contribution in [0, 0.1) is 0 Å². The molecule has 1 amide bonds.